The molecular weight excluding hydrogens is 533 g/mol. The molecule has 0 aliphatic carbocycles. The van der Waals surface area contributed by atoms with Crippen molar-refractivity contribution in [3.63, 3.8) is 0 Å². The van der Waals surface area contributed by atoms with Gasteiger partial charge in [-0.2, -0.15) is 0 Å². The second-order valence-corrected chi connectivity index (χ2v) is 13.3. The van der Waals surface area contributed by atoms with E-state index in [9.17, 15) is 0 Å². The Morgan fingerprint density at radius 2 is 1.07 bits per heavy atom. The molecule has 4 nitrogen and oxygen atoms in total. The van der Waals surface area contributed by atoms with Gasteiger partial charge in [-0.05, 0) is 61.2 Å². The minimum Gasteiger partial charge on any atom is -0.407 e. The minimum absolute atomic E-state index is 0.498. The highest BCUT2D eigenvalue weighted by Crippen LogP contribution is 2.50. The molecule has 3 rings (SSSR count). The lowest BCUT2D eigenvalue weighted by atomic mass is 10.0. The molecule has 220 valence electrons. The third-order valence-corrected chi connectivity index (χ3v) is 8.25. The van der Waals surface area contributed by atoms with Crippen molar-refractivity contribution in [1.29, 1.82) is 0 Å². The molecule has 2 N–H and O–H groups in total. The Kier molecular flexibility index (Phi) is 17.4. The third kappa shape index (κ3) is 14.9. The summed E-state index contributed by atoms with van der Waals surface area (Å²) >= 11 is 5.77. The summed E-state index contributed by atoms with van der Waals surface area (Å²) in [6, 6.07) is 26.7. The van der Waals surface area contributed by atoms with Gasteiger partial charge in [-0.1, -0.05) is 133 Å². The molecule has 0 aliphatic heterocycles. The first-order valence-corrected chi connectivity index (χ1v) is 17.6. The predicted molar refractivity (Wildman–Crippen MR) is 175 cm³/mol. The van der Waals surface area contributed by atoms with Crippen LogP contribution in [0.15, 0.2) is 84.9 Å². The van der Waals surface area contributed by atoms with Crippen LogP contribution in [0.25, 0.3) is 0 Å². The summed E-state index contributed by atoms with van der Waals surface area (Å²) < 4.78 is 18.3. The van der Waals surface area contributed by atoms with Crippen molar-refractivity contribution in [1.82, 2.24) is 0 Å². The van der Waals surface area contributed by atoms with Crippen LogP contribution in [0.3, 0.4) is 0 Å². The topological polar surface area (TPSA) is 53.7 Å². The zero-order valence-electron chi connectivity index (χ0n) is 24.8. The fourth-order valence-electron chi connectivity index (χ4n) is 4.23. The monoisotopic (exact) mass is 583 g/mol. The van der Waals surface area contributed by atoms with Gasteiger partial charge < -0.3 is 19.3 Å². The van der Waals surface area contributed by atoms with Gasteiger partial charge in [0, 0.05) is 11.8 Å². The summed E-state index contributed by atoms with van der Waals surface area (Å²) in [5, 5.41) is 0. The van der Waals surface area contributed by atoms with Crippen molar-refractivity contribution in [2.24, 2.45) is 11.7 Å². The number of rotatable bonds is 18. The van der Waals surface area contributed by atoms with Crippen LogP contribution in [0.2, 0.25) is 0 Å². The van der Waals surface area contributed by atoms with Crippen LogP contribution in [0.1, 0.15) is 90.5 Å². The van der Waals surface area contributed by atoms with E-state index in [0.717, 1.165) is 18.5 Å². The Balaban J connectivity index is 0.000000366. The largest absolute Gasteiger partial charge is 0.490 e. The molecule has 0 radical (unpaired) electrons. The summed E-state index contributed by atoms with van der Waals surface area (Å²) in [6.45, 7) is 4.37. The smallest absolute Gasteiger partial charge is 0.407 e. The Morgan fingerprint density at radius 3 is 1.55 bits per heavy atom. The predicted octanol–water partition coefficient (Wildman–Crippen LogP) is 10.5. The van der Waals surface area contributed by atoms with E-state index in [-0.39, 0.29) is 0 Å². The van der Waals surface area contributed by atoms with Crippen LogP contribution >= 0.6 is 6.72 Å². The molecule has 6 heteroatoms. The van der Waals surface area contributed by atoms with E-state index >= 15 is 0 Å². The fourth-order valence-corrected chi connectivity index (χ4v) is 6.28. The van der Waals surface area contributed by atoms with Crippen molar-refractivity contribution in [3.8, 4) is 17.2 Å². The van der Waals surface area contributed by atoms with E-state index in [0.29, 0.717) is 23.2 Å². The molecule has 0 saturated carbocycles. The molecule has 0 spiro atoms. The van der Waals surface area contributed by atoms with Gasteiger partial charge in [0.1, 0.15) is 17.2 Å². The number of benzene rings is 3. The van der Waals surface area contributed by atoms with E-state index < -0.39 is 6.72 Å². The van der Waals surface area contributed by atoms with E-state index in [4.69, 9.17) is 31.1 Å². The van der Waals surface area contributed by atoms with Gasteiger partial charge in [-0.25, -0.2) is 0 Å². The molecule has 0 amide bonds. The average Bonchev–Trinajstić information content (AvgIpc) is 2.94. The average molecular weight is 584 g/mol. The number of hydrogen-bond acceptors (Lipinski definition) is 5. The van der Waals surface area contributed by atoms with Crippen LogP contribution in [-0.2, 0) is 18.2 Å². The first kappa shape index (κ1) is 33.9. The van der Waals surface area contributed by atoms with Crippen molar-refractivity contribution in [2.45, 2.75) is 91.4 Å². The molecule has 0 saturated heterocycles. The lowest BCUT2D eigenvalue weighted by Gasteiger charge is -2.24. The number of hydrogen-bond donors (Lipinski definition) is 1. The summed E-state index contributed by atoms with van der Waals surface area (Å²) in [4.78, 5) is 0. The molecular formula is C34H50NO3PS. The van der Waals surface area contributed by atoms with Crippen LogP contribution in [0, 0.1) is 5.92 Å². The molecule has 0 bridgehead atoms. The number of para-hydroxylation sites is 3. The maximum absolute atomic E-state index is 6.22. The number of unbranched alkanes of at least 4 members (excludes halogenated alkanes) is 9. The van der Waals surface area contributed by atoms with E-state index in [1.54, 1.807) is 0 Å². The van der Waals surface area contributed by atoms with Crippen molar-refractivity contribution >= 4 is 18.5 Å². The first-order chi connectivity index (χ1) is 19.5. The number of nitrogens with two attached hydrogens (primary N) is 1. The fraction of sp³-hybridized carbons (Fsp3) is 0.471. The quantitative estimate of drug-likeness (QED) is 0.119. The van der Waals surface area contributed by atoms with Gasteiger partial charge in [-0.3, -0.25) is 0 Å². The summed E-state index contributed by atoms with van der Waals surface area (Å²) in [7, 11) is 0. The third-order valence-electron chi connectivity index (χ3n) is 6.29. The van der Waals surface area contributed by atoms with Crippen LogP contribution in [0.5, 0.6) is 17.2 Å². The van der Waals surface area contributed by atoms with Crippen LogP contribution in [0.4, 0.5) is 0 Å². The molecule has 0 aromatic heterocycles. The SMILES string of the molecule is CC(C)Cc1ccccc1OP(=S)(Oc1ccccc1)Oc1ccccc1.CCCCCCCCCCCCN. The molecule has 0 aliphatic rings. The van der Waals surface area contributed by atoms with Gasteiger partial charge in [0.2, 0.25) is 0 Å². The summed E-state index contributed by atoms with van der Waals surface area (Å²) in [5.74, 6) is 2.45. The first-order valence-electron chi connectivity index (χ1n) is 15.0. The zero-order chi connectivity index (χ0) is 28.9. The second kappa shape index (κ2) is 20.5. The normalized spacial score (nSPS) is 11.0. The highest BCUT2D eigenvalue weighted by atomic mass is 32.5. The van der Waals surface area contributed by atoms with E-state index in [2.05, 4.69) is 26.8 Å². The lowest BCUT2D eigenvalue weighted by Crippen LogP contribution is -2.09. The van der Waals surface area contributed by atoms with Crippen molar-refractivity contribution in [3.05, 3.63) is 90.5 Å². The highest BCUT2D eigenvalue weighted by molar-refractivity contribution is 8.08. The molecule has 0 heterocycles. The molecule has 3 aromatic carbocycles. The van der Waals surface area contributed by atoms with Crippen molar-refractivity contribution in [2.75, 3.05) is 6.54 Å². The highest BCUT2D eigenvalue weighted by Gasteiger charge is 2.27. The van der Waals surface area contributed by atoms with Gasteiger partial charge >= 0.3 is 6.72 Å². The summed E-state index contributed by atoms with van der Waals surface area (Å²) in [5.41, 5.74) is 6.52. The van der Waals surface area contributed by atoms with Gasteiger partial charge in [0.05, 0.1) is 0 Å². The molecule has 0 unspecified atom stereocenters. The van der Waals surface area contributed by atoms with Gasteiger partial charge in [-0.15, -0.1) is 0 Å². The van der Waals surface area contributed by atoms with Gasteiger partial charge in [0.25, 0.3) is 0 Å². The molecule has 0 fully saturated rings. The molecule has 40 heavy (non-hydrogen) atoms. The minimum atomic E-state index is -3.12. The standard InChI is InChI=1S/C22H23O3PS.C12H27N/c1-18(2)17-19-11-9-10-16-22(19)25-26(27,23-20-12-5-3-6-13-20)24-21-14-7-4-8-15-21;1-2-3-4-5-6-7-8-9-10-11-12-13/h3-16,18H,17H2,1-2H3;2-13H2,1H3. The van der Waals surface area contributed by atoms with Crippen LogP contribution in [-0.4, -0.2) is 6.54 Å². The summed E-state index contributed by atoms with van der Waals surface area (Å²) in [6.07, 6.45) is 14.8. The van der Waals surface area contributed by atoms with Gasteiger partial charge in [0.15, 0.2) is 0 Å². The van der Waals surface area contributed by atoms with Crippen LogP contribution < -0.4 is 19.3 Å². The van der Waals surface area contributed by atoms with Crippen molar-refractivity contribution < 1.29 is 13.6 Å². The van der Waals surface area contributed by atoms with E-state index in [1.807, 2.05) is 78.9 Å². The molecule has 0 atom stereocenters. The zero-order valence-corrected chi connectivity index (χ0v) is 26.5. The Labute approximate surface area is 248 Å². The maximum Gasteiger partial charge on any atom is 0.490 e. The Morgan fingerprint density at radius 1 is 0.625 bits per heavy atom. The lowest BCUT2D eigenvalue weighted by molar-refractivity contribution is 0.381. The molecule has 3 aromatic rings. The Bertz CT molecular complexity index is 1020. The maximum atomic E-state index is 6.22. The van der Waals surface area contributed by atoms with E-state index in [1.165, 1.54) is 64.2 Å². The Hall–Kier alpha value is -2.33. The second-order valence-electron chi connectivity index (χ2n) is 10.5.